The van der Waals surface area contributed by atoms with Crippen LogP contribution < -0.4 is 4.74 Å². The molecule has 4 heteroatoms. The summed E-state index contributed by atoms with van der Waals surface area (Å²) in [6.07, 6.45) is 3.35. The van der Waals surface area contributed by atoms with E-state index in [1.165, 1.54) is 0 Å². The first kappa shape index (κ1) is 15.1. The number of benzene rings is 1. The molecule has 0 radical (unpaired) electrons. The fourth-order valence-electron chi connectivity index (χ4n) is 1.88. The molecule has 0 aliphatic rings. The minimum absolute atomic E-state index is 0.0821. The van der Waals surface area contributed by atoms with Gasteiger partial charge in [0.25, 0.3) is 0 Å². The number of allylic oxidation sites excluding steroid dienone is 1. The lowest BCUT2D eigenvalue weighted by molar-refractivity contribution is 0.242. The molecule has 0 saturated heterocycles. The summed E-state index contributed by atoms with van der Waals surface area (Å²) in [6.45, 7) is 3.92. The van der Waals surface area contributed by atoms with Crippen LogP contribution in [-0.2, 0) is 0 Å². The topological polar surface area (TPSA) is 45.9 Å². The Labute approximate surface area is 129 Å². The van der Waals surface area contributed by atoms with Crippen molar-refractivity contribution in [3.05, 3.63) is 59.9 Å². The molecule has 21 heavy (non-hydrogen) atoms. The van der Waals surface area contributed by atoms with Crippen molar-refractivity contribution in [2.24, 2.45) is 0 Å². The van der Waals surface area contributed by atoms with Crippen LogP contribution in [0.4, 0.5) is 0 Å². The summed E-state index contributed by atoms with van der Waals surface area (Å²) < 4.78 is 5.65. The maximum absolute atomic E-state index is 9.38. The van der Waals surface area contributed by atoms with E-state index in [9.17, 15) is 5.26 Å². The van der Waals surface area contributed by atoms with Crippen LogP contribution in [0.1, 0.15) is 25.0 Å². The Morgan fingerprint density at radius 3 is 2.52 bits per heavy atom. The molecule has 0 aliphatic carbocycles. The van der Waals surface area contributed by atoms with Crippen molar-refractivity contribution in [3.63, 3.8) is 0 Å². The molecule has 0 N–H and O–H groups in total. The Bertz CT molecular complexity index is 687. The number of hydrogen-bond donors (Lipinski definition) is 0. The SMILES string of the molecule is CC(C)Oc1cccc(/C(Cl)=C(/C#N)c2ccncc2)c1. The Hall–Kier alpha value is -2.31. The van der Waals surface area contributed by atoms with Gasteiger partial charge in [-0.1, -0.05) is 23.7 Å². The predicted molar refractivity (Wildman–Crippen MR) is 84.7 cm³/mol. The number of ether oxygens (including phenoxy) is 1. The monoisotopic (exact) mass is 298 g/mol. The predicted octanol–water partition coefficient (Wildman–Crippen LogP) is 4.50. The number of aromatic nitrogens is 1. The molecule has 0 spiro atoms. The standard InChI is InChI=1S/C17H15ClN2O/c1-12(2)21-15-5-3-4-14(10-15)17(18)16(11-19)13-6-8-20-9-7-13/h3-10,12H,1-2H3/b17-16+. The number of hydrogen-bond acceptors (Lipinski definition) is 3. The molecule has 2 aromatic rings. The largest absolute Gasteiger partial charge is 0.491 e. The molecular formula is C17H15ClN2O. The van der Waals surface area contributed by atoms with Crippen molar-refractivity contribution in [1.29, 1.82) is 5.26 Å². The van der Waals surface area contributed by atoms with Crippen LogP contribution in [0.25, 0.3) is 10.6 Å². The third-order valence-corrected chi connectivity index (χ3v) is 3.17. The first-order valence-corrected chi connectivity index (χ1v) is 6.97. The summed E-state index contributed by atoms with van der Waals surface area (Å²) in [5.41, 5.74) is 1.91. The minimum atomic E-state index is 0.0821. The van der Waals surface area contributed by atoms with Crippen LogP contribution in [0.3, 0.4) is 0 Å². The zero-order valence-corrected chi connectivity index (χ0v) is 12.6. The molecule has 0 atom stereocenters. The van der Waals surface area contributed by atoms with E-state index in [1.807, 2.05) is 38.1 Å². The molecule has 1 aromatic heterocycles. The van der Waals surface area contributed by atoms with Gasteiger partial charge in [-0.2, -0.15) is 5.26 Å². The third-order valence-electron chi connectivity index (χ3n) is 2.76. The van der Waals surface area contributed by atoms with Crippen LogP contribution in [0.15, 0.2) is 48.8 Å². The van der Waals surface area contributed by atoms with Crippen LogP contribution in [0.2, 0.25) is 0 Å². The van der Waals surface area contributed by atoms with Gasteiger partial charge >= 0.3 is 0 Å². The van der Waals surface area contributed by atoms with Crippen molar-refractivity contribution in [3.8, 4) is 11.8 Å². The molecule has 3 nitrogen and oxygen atoms in total. The van der Waals surface area contributed by atoms with Gasteiger partial charge in [0, 0.05) is 12.4 Å². The van der Waals surface area contributed by atoms with E-state index >= 15 is 0 Å². The zero-order valence-electron chi connectivity index (χ0n) is 11.9. The lowest BCUT2D eigenvalue weighted by Crippen LogP contribution is -2.05. The molecule has 106 valence electrons. The molecule has 0 aliphatic heterocycles. The highest BCUT2D eigenvalue weighted by atomic mass is 35.5. The molecule has 0 saturated carbocycles. The number of pyridine rings is 1. The quantitative estimate of drug-likeness (QED) is 0.781. The Kier molecular flexibility index (Phi) is 4.97. The number of rotatable bonds is 4. The van der Waals surface area contributed by atoms with Crippen molar-refractivity contribution >= 4 is 22.2 Å². The minimum Gasteiger partial charge on any atom is -0.491 e. The molecule has 1 heterocycles. The van der Waals surface area contributed by atoms with E-state index in [-0.39, 0.29) is 6.10 Å². The zero-order chi connectivity index (χ0) is 15.2. The van der Waals surface area contributed by atoms with E-state index in [2.05, 4.69) is 11.1 Å². The fraction of sp³-hybridized carbons (Fsp3) is 0.176. The summed E-state index contributed by atoms with van der Waals surface area (Å²) >= 11 is 6.40. The number of nitrogens with zero attached hydrogens (tertiary/aromatic N) is 2. The highest BCUT2D eigenvalue weighted by Gasteiger charge is 2.10. The lowest BCUT2D eigenvalue weighted by Gasteiger charge is -2.11. The molecule has 0 unspecified atom stereocenters. The first-order chi connectivity index (χ1) is 10.1. The summed E-state index contributed by atoms with van der Waals surface area (Å²) in [7, 11) is 0. The van der Waals surface area contributed by atoms with Gasteiger partial charge in [0.1, 0.15) is 11.8 Å². The van der Waals surface area contributed by atoms with Gasteiger partial charge < -0.3 is 4.74 Å². The highest BCUT2D eigenvalue weighted by molar-refractivity contribution is 6.53. The van der Waals surface area contributed by atoms with Gasteiger partial charge in [-0.25, -0.2) is 0 Å². The third kappa shape index (κ3) is 3.84. The van der Waals surface area contributed by atoms with Crippen molar-refractivity contribution in [2.45, 2.75) is 20.0 Å². The smallest absolute Gasteiger partial charge is 0.120 e. The van der Waals surface area contributed by atoms with Gasteiger partial charge in [0.05, 0.1) is 16.7 Å². The van der Waals surface area contributed by atoms with E-state index in [4.69, 9.17) is 16.3 Å². The fourth-order valence-corrected chi connectivity index (χ4v) is 2.15. The normalized spacial score (nSPS) is 11.8. The Morgan fingerprint density at radius 1 is 1.19 bits per heavy atom. The molecule has 0 amide bonds. The van der Waals surface area contributed by atoms with Crippen LogP contribution in [-0.4, -0.2) is 11.1 Å². The first-order valence-electron chi connectivity index (χ1n) is 6.59. The second-order valence-electron chi connectivity index (χ2n) is 4.73. The summed E-state index contributed by atoms with van der Waals surface area (Å²) in [4.78, 5) is 3.95. The summed E-state index contributed by atoms with van der Waals surface area (Å²) in [6, 6.07) is 13.1. The maximum atomic E-state index is 9.38. The lowest BCUT2D eigenvalue weighted by atomic mass is 10.0. The molecular weight excluding hydrogens is 284 g/mol. The Balaban J connectivity index is 2.44. The number of halogens is 1. The Morgan fingerprint density at radius 2 is 1.90 bits per heavy atom. The average Bonchev–Trinajstić information content (AvgIpc) is 2.48. The van der Waals surface area contributed by atoms with E-state index < -0.39 is 0 Å². The molecule has 2 rings (SSSR count). The van der Waals surface area contributed by atoms with Gasteiger partial charge in [-0.3, -0.25) is 4.98 Å². The van der Waals surface area contributed by atoms with Crippen molar-refractivity contribution < 1.29 is 4.74 Å². The van der Waals surface area contributed by atoms with Crippen LogP contribution in [0.5, 0.6) is 5.75 Å². The average molecular weight is 299 g/mol. The summed E-state index contributed by atoms with van der Waals surface area (Å²) in [5, 5.41) is 9.78. The van der Waals surface area contributed by atoms with Gasteiger partial charge in [-0.15, -0.1) is 0 Å². The van der Waals surface area contributed by atoms with E-state index in [0.717, 1.165) is 16.9 Å². The van der Waals surface area contributed by atoms with Crippen LogP contribution in [0, 0.1) is 11.3 Å². The van der Waals surface area contributed by atoms with Gasteiger partial charge in [0.15, 0.2) is 0 Å². The molecule has 0 fully saturated rings. The van der Waals surface area contributed by atoms with Crippen molar-refractivity contribution in [1.82, 2.24) is 4.98 Å². The van der Waals surface area contributed by atoms with E-state index in [1.54, 1.807) is 24.5 Å². The highest BCUT2D eigenvalue weighted by Crippen LogP contribution is 2.31. The van der Waals surface area contributed by atoms with Gasteiger partial charge in [0.2, 0.25) is 0 Å². The molecule has 0 bridgehead atoms. The number of nitriles is 1. The van der Waals surface area contributed by atoms with Gasteiger partial charge in [-0.05, 0) is 49.2 Å². The second kappa shape index (κ2) is 6.92. The van der Waals surface area contributed by atoms with Crippen molar-refractivity contribution in [2.75, 3.05) is 0 Å². The summed E-state index contributed by atoms with van der Waals surface area (Å²) in [5.74, 6) is 0.729. The molecule has 1 aromatic carbocycles. The van der Waals surface area contributed by atoms with Crippen LogP contribution >= 0.6 is 11.6 Å². The second-order valence-corrected chi connectivity index (χ2v) is 5.11. The maximum Gasteiger partial charge on any atom is 0.120 e. The van der Waals surface area contributed by atoms with E-state index in [0.29, 0.717) is 10.6 Å².